The Labute approximate surface area is 129 Å². The minimum absolute atomic E-state index is 0.143. The molecule has 0 N–H and O–H groups in total. The number of ether oxygens (including phenoxy) is 1. The molecule has 2 heterocycles. The molecular formula is C17H32N2O2. The van der Waals surface area contributed by atoms with Crippen LogP contribution in [0.15, 0.2) is 0 Å². The van der Waals surface area contributed by atoms with Gasteiger partial charge in [-0.1, -0.05) is 6.92 Å². The fourth-order valence-electron chi connectivity index (χ4n) is 3.35. The van der Waals surface area contributed by atoms with Gasteiger partial charge in [-0.15, -0.1) is 0 Å². The van der Waals surface area contributed by atoms with Gasteiger partial charge in [0, 0.05) is 19.1 Å². The van der Waals surface area contributed by atoms with Gasteiger partial charge in [-0.25, -0.2) is 4.79 Å². The highest BCUT2D eigenvalue weighted by atomic mass is 16.6. The van der Waals surface area contributed by atoms with Crippen molar-refractivity contribution in [1.29, 1.82) is 0 Å². The Morgan fingerprint density at radius 2 is 1.67 bits per heavy atom. The number of rotatable bonds is 1. The van der Waals surface area contributed by atoms with Gasteiger partial charge in [0.25, 0.3) is 0 Å². The molecule has 0 bridgehead atoms. The summed E-state index contributed by atoms with van der Waals surface area (Å²) in [4.78, 5) is 16.7. The van der Waals surface area contributed by atoms with Gasteiger partial charge in [0.1, 0.15) is 5.60 Å². The quantitative estimate of drug-likeness (QED) is 0.742. The molecule has 2 saturated heterocycles. The van der Waals surface area contributed by atoms with Crippen LogP contribution in [0.25, 0.3) is 0 Å². The van der Waals surface area contributed by atoms with E-state index in [4.69, 9.17) is 4.74 Å². The normalized spacial score (nSPS) is 26.5. The molecule has 2 aliphatic rings. The topological polar surface area (TPSA) is 32.8 Å². The van der Waals surface area contributed by atoms with Crippen LogP contribution in [0.4, 0.5) is 4.79 Å². The number of amides is 1. The lowest BCUT2D eigenvalue weighted by molar-refractivity contribution is 0.0251. The Kier molecular flexibility index (Phi) is 5.53. The van der Waals surface area contributed by atoms with E-state index in [1.807, 2.05) is 25.7 Å². The summed E-state index contributed by atoms with van der Waals surface area (Å²) >= 11 is 0. The third-order valence-corrected chi connectivity index (χ3v) is 4.68. The van der Waals surface area contributed by atoms with Crippen molar-refractivity contribution in [3.8, 4) is 0 Å². The van der Waals surface area contributed by atoms with Gasteiger partial charge in [-0.3, -0.25) is 0 Å². The molecule has 1 unspecified atom stereocenters. The Morgan fingerprint density at radius 1 is 1.00 bits per heavy atom. The monoisotopic (exact) mass is 296 g/mol. The molecule has 0 radical (unpaired) electrons. The predicted molar refractivity (Wildman–Crippen MR) is 85.4 cm³/mol. The lowest BCUT2D eigenvalue weighted by Gasteiger charge is -2.36. The number of likely N-dealkylation sites (tertiary alicyclic amines) is 2. The second kappa shape index (κ2) is 6.99. The second-order valence-corrected chi connectivity index (χ2v) is 7.77. The summed E-state index contributed by atoms with van der Waals surface area (Å²) in [7, 11) is 0. The summed E-state index contributed by atoms with van der Waals surface area (Å²) in [5, 5.41) is 0. The highest BCUT2D eigenvalue weighted by Crippen LogP contribution is 2.24. The van der Waals surface area contributed by atoms with Gasteiger partial charge in [0.2, 0.25) is 0 Å². The number of hydrogen-bond acceptors (Lipinski definition) is 3. The zero-order valence-corrected chi connectivity index (χ0v) is 14.2. The van der Waals surface area contributed by atoms with E-state index in [2.05, 4.69) is 11.8 Å². The summed E-state index contributed by atoms with van der Waals surface area (Å²) in [6.07, 6.45) is 5.91. The summed E-state index contributed by atoms with van der Waals surface area (Å²) in [5.74, 6) is 0.880. The molecule has 0 aromatic carbocycles. The molecule has 4 heteroatoms. The van der Waals surface area contributed by atoms with Crippen LogP contribution < -0.4 is 0 Å². The van der Waals surface area contributed by atoms with Crippen LogP contribution in [0.1, 0.15) is 59.8 Å². The molecule has 0 aromatic rings. The number of hydrogen-bond donors (Lipinski definition) is 0. The van der Waals surface area contributed by atoms with Crippen molar-refractivity contribution < 1.29 is 9.53 Å². The third kappa shape index (κ3) is 5.17. The Hall–Kier alpha value is -0.770. The average molecular weight is 296 g/mol. The first-order valence-electron chi connectivity index (χ1n) is 8.57. The van der Waals surface area contributed by atoms with E-state index >= 15 is 0 Å². The van der Waals surface area contributed by atoms with Gasteiger partial charge >= 0.3 is 6.09 Å². The Bertz CT molecular complexity index is 343. The van der Waals surface area contributed by atoms with Crippen molar-refractivity contribution in [2.24, 2.45) is 5.92 Å². The van der Waals surface area contributed by atoms with Crippen LogP contribution in [0.3, 0.4) is 0 Å². The van der Waals surface area contributed by atoms with Crippen LogP contribution in [-0.2, 0) is 4.74 Å². The lowest BCUT2D eigenvalue weighted by atomic mass is 9.96. The van der Waals surface area contributed by atoms with E-state index in [-0.39, 0.29) is 6.09 Å². The molecule has 2 fully saturated rings. The van der Waals surface area contributed by atoms with Crippen molar-refractivity contribution in [3.05, 3.63) is 0 Å². The highest BCUT2D eigenvalue weighted by Gasteiger charge is 2.28. The molecule has 122 valence electrons. The van der Waals surface area contributed by atoms with Crippen LogP contribution >= 0.6 is 0 Å². The van der Waals surface area contributed by atoms with Crippen molar-refractivity contribution in [2.45, 2.75) is 71.4 Å². The smallest absolute Gasteiger partial charge is 0.410 e. The van der Waals surface area contributed by atoms with Gasteiger partial charge in [0.05, 0.1) is 0 Å². The molecule has 21 heavy (non-hydrogen) atoms. The van der Waals surface area contributed by atoms with Gasteiger partial charge in [-0.2, -0.15) is 0 Å². The van der Waals surface area contributed by atoms with Crippen LogP contribution in [0.2, 0.25) is 0 Å². The molecule has 1 atom stereocenters. The SMILES string of the molecule is CC1CCN(C2CCCN(C(=O)OC(C)(C)C)CC2)CC1. The van der Waals surface area contributed by atoms with E-state index in [1.165, 1.54) is 32.4 Å². The lowest BCUT2D eigenvalue weighted by Crippen LogP contribution is -2.42. The van der Waals surface area contributed by atoms with Crippen molar-refractivity contribution in [3.63, 3.8) is 0 Å². The minimum atomic E-state index is -0.397. The predicted octanol–water partition coefficient (Wildman–Crippen LogP) is 3.51. The third-order valence-electron chi connectivity index (χ3n) is 4.68. The molecule has 0 spiro atoms. The van der Waals surface area contributed by atoms with Crippen molar-refractivity contribution >= 4 is 6.09 Å². The average Bonchev–Trinajstić information content (AvgIpc) is 2.63. The Morgan fingerprint density at radius 3 is 2.29 bits per heavy atom. The maximum atomic E-state index is 12.2. The maximum absolute atomic E-state index is 12.2. The molecule has 0 saturated carbocycles. The van der Waals surface area contributed by atoms with Gasteiger partial charge in [-0.05, 0) is 71.9 Å². The number of carbonyl (C=O) groups is 1. The largest absolute Gasteiger partial charge is 0.444 e. The van der Waals surface area contributed by atoms with E-state index in [0.29, 0.717) is 6.04 Å². The molecule has 1 amide bonds. The van der Waals surface area contributed by atoms with E-state index in [1.54, 1.807) is 0 Å². The zero-order chi connectivity index (χ0) is 15.5. The summed E-state index contributed by atoms with van der Waals surface area (Å²) in [5.41, 5.74) is -0.397. The van der Waals surface area contributed by atoms with Crippen molar-refractivity contribution in [1.82, 2.24) is 9.80 Å². The fourth-order valence-corrected chi connectivity index (χ4v) is 3.35. The highest BCUT2D eigenvalue weighted by molar-refractivity contribution is 5.68. The van der Waals surface area contributed by atoms with Gasteiger partial charge in [0.15, 0.2) is 0 Å². The number of carbonyl (C=O) groups excluding carboxylic acids is 1. The molecule has 0 aliphatic carbocycles. The first-order chi connectivity index (χ1) is 9.85. The fraction of sp³-hybridized carbons (Fsp3) is 0.941. The van der Waals surface area contributed by atoms with E-state index in [0.717, 1.165) is 31.8 Å². The van der Waals surface area contributed by atoms with Gasteiger partial charge < -0.3 is 14.5 Å². The first-order valence-corrected chi connectivity index (χ1v) is 8.57. The zero-order valence-electron chi connectivity index (χ0n) is 14.2. The minimum Gasteiger partial charge on any atom is -0.444 e. The maximum Gasteiger partial charge on any atom is 0.410 e. The number of piperidine rings is 1. The van der Waals surface area contributed by atoms with Crippen LogP contribution in [-0.4, -0.2) is 53.7 Å². The summed E-state index contributed by atoms with van der Waals surface area (Å²) in [6, 6.07) is 0.657. The standard InChI is InChI=1S/C17H32N2O2/c1-14-7-11-18(12-8-14)15-6-5-10-19(13-9-15)16(20)21-17(2,3)4/h14-15H,5-13H2,1-4H3. The van der Waals surface area contributed by atoms with E-state index < -0.39 is 5.60 Å². The molecule has 0 aromatic heterocycles. The Balaban J connectivity index is 1.83. The second-order valence-electron chi connectivity index (χ2n) is 7.77. The van der Waals surface area contributed by atoms with Crippen LogP contribution in [0, 0.1) is 5.92 Å². The van der Waals surface area contributed by atoms with Crippen LogP contribution in [0.5, 0.6) is 0 Å². The molecule has 2 aliphatic heterocycles. The molecule has 4 nitrogen and oxygen atoms in total. The van der Waals surface area contributed by atoms with Crippen molar-refractivity contribution in [2.75, 3.05) is 26.2 Å². The number of nitrogens with zero attached hydrogens (tertiary/aromatic N) is 2. The molecular weight excluding hydrogens is 264 g/mol. The summed E-state index contributed by atoms with van der Waals surface area (Å²) in [6.45, 7) is 12.3. The first kappa shape index (κ1) is 16.6. The molecule has 2 rings (SSSR count). The van der Waals surface area contributed by atoms with E-state index in [9.17, 15) is 4.79 Å². The summed E-state index contributed by atoms with van der Waals surface area (Å²) < 4.78 is 5.50.